The van der Waals surface area contributed by atoms with Crippen molar-refractivity contribution in [1.29, 1.82) is 0 Å². The Bertz CT molecular complexity index is 756. The molecule has 25 heavy (non-hydrogen) atoms. The van der Waals surface area contributed by atoms with Crippen molar-refractivity contribution < 1.29 is 9.53 Å². The largest absolute Gasteiger partial charge is 0.496 e. The molecule has 134 valence electrons. The van der Waals surface area contributed by atoms with Crippen molar-refractivity contribution in [3.63, 3.8) is 0 Å². The summed E-state index contributed by atoms with van der Waals surface area (Å²) in [6.45, 7) is 2.75. The second-order valence-electron chi connectivity index (χ2n) is 6.67. The van der Waals surface area contributed by atoms with E-state index in [-0.39, 0.29) is 18.0 Å². The number of amides is 1. The van der Waals surface area contributed by atoms with Crippen LogP contribution in [0.2, 0.25) is 0 Å². The number of likely N-dealkylation sites (tertiary alicyclic amines) is 1. The van der Waals surface area contributed by atoms with E-state index in [0.29, 0.717) is 13.0 Å². The molecule has 0 spiro atoms. The first kappa shape index (κ1) is 17.5. The zero-order valence-electron chi connectivity index (χ0n) is 15.3. The minimum absolute atomic E-state index is 0.0230. The van der Waals surface area contributed by atoms with Gasteiger partial charge in [-0.25, -0.2) is 0 Å². The van der Waals surface area contributed by atoms with Crippen LogP contribution in [0.3, 0.4) is 0 Å². The molecular formula is C19H26N4O2. The lowest BCUT2D eigenvalue weighted by Gasteiger charge is -2.39. The molecule has 3 rings (SSSR count). The van der Waals surface area contributed by atoms with E-state index < -0.39 is 0 Å². The van der Waals surface area contributed by atoms with Gasteiger partial charge in [-0.15, -0.1) is 0 Å². The zero-order chi connectivity index (χ0) is 18.0. The van der Waals surface area contributed by atoms with Gasteiger partial charge in [0.2, 0.25) is 5.91 Å². The van der Waals surface area contributed by atoms with Crippen molar-refractivity contribution in [2.24, 2.45) is 7.05 Å². The number of benzene rings is 1. The molecule has 2 heterocycles. The number of piperidine rings is 1. The minimum atomic E-state index is -0.0230. The molecule has 1 aromatic heterocycles. The highest BCUT2D eigenvalue weighted by Crippen LogP contribution is 2.31. The van der Waals surface area contributed by atoms with Crippen LogP contribution in [0, 0.1) is 6.92 Å². The zero-order valence-corrected chi connectivity index (χ0v) is 15.3. The topological polar surface area (TPSA) is 59.4 Å². The van der Waals surface area contributed by atoms with Crippen molar-refractivity contribution in [2.45, 2.75) is 38.4 Å². The summed E-state index contributed by atoms with van der Waals surface area (Å²) in [5.74, 6) is 1.07. The molecule has 1 aliphatic heterocycles. The first-order valence-electron chi connectivity index (χ1n) is 8.61. The van der Waals surface area contributed by atoms with Crippen LogP contribution < -0.4 is 10.1 Å². The maximum atomic E-state index is 12.2. The molecule has 1 aliphatic rings. The van der Waals surface area contributed by atoms with Crippen LogP contribution in [0.1, 0.15) is 35.7 Å². The summed E-state index contributed by atoms with van der Waals surface area (Å²) in [4.78, 5) is 14.1. The number of methoxy groups -OCH3 is 1. The third-order valence-electron chi connectivity index (χ3n) is 5.02. The van der Waals surface area contributed by atoms with Gasteiger partial charge in [-0.3, -0.25) is 9.48 Å². The maximum absolute atomic E-state index is 12.2. The number of rotatable bonds is 5. The molecule has 1 aromatic carbocycles. The number of hydrogen-bond donors (Lipinski definition) is 1. The summed E-state index contributed by atoms with van der Waals surface area (Å²) in [6, 6.07) is 8.37. The van der Waals surface area contributed by atoms with E-state index in [9.17, 15) is 4.79 Å². The van der Waals surface area contributed by atoms with Gasteiger partial charge in [-0.05, 0) is 31.0 Å². The third-order valence-corrected chi connectivity index (χ3v) is 5.02. The fourth-order valence-electron chi connectivity index (χ4n) is 3.57. The smallest absolute Gasteiger partial charge is 0.222 e. The van der Waals surface area contributed by atoms with Gasteiger partial charge in [-0.1, -0.05) is 12.1 Å². The summed E-state index contributed by atoms with van der Waals surface area (Å²) < 4.78 is 7.35. The van der Waals surface area contributed by atoms with Crippen LogP contribution in [-0.4, -0.2) is 40.8 Å². The lowest BCUT2D eigenvalue weighted by atomic mass is 9.93. The Morgan fingerprint density at radius 1 is 1.32 bits per heavy atom. The Hall–Kier alpha value is -2.34. The van der Waals surface area contributed by atoms with Gasteiger partial charge >= 0.3 is 0 Å². The van der Waals surface area contributed by atoms with Gasteiger partial charge in [0.05, 0.1) is 18.8 Å². The van der Waals surface area contributed by atoms with Crippen LogP contribution in [0.5, 0.6) is 5.75 Å². The summed E-state index contributed by atoms with van der Waals surface area (Å²) >= 11 is 0. The van der Waals surface area contributed by atoms with Crippen LogP contribution in [0.4, 0.5) is 0 Å². The number of carbonyl (C=O) groups is 1. The van der Waals surface area contributed by atoms with Crippen molar-refractivity contribution in [3.8, 4) is 5.75 Å². The molecular weight excluding hydrogens is 316 g/mol. The molecule has 0 radical (unpaired) electrons. The van der Waals surface area contributed by atoms with E-state index >= 15 is 0 Å². The molecule has 0 bridgehead atoms. The van der Waals surface area contributed by atoms with Gasteiger partial charge in [0.25, 0.3) is 0 Å². The van der Waals surface area contributed by atoms with Crippen LogP contribution in [0.25, 0.3) is 0 Å². The van der Waals surface area contributed by atoms with Crippen molar-refractivity contribution in [3.05, 3.63) is 47.3 Å². The molecule has 2 aromatic rings. The SMILES string of the molecule is COc1cc(C)ccc1CN[C@@H]1CCC(=O)N(C)[C@H]1c1ccnn1C. The number of carbonyl (C=O) groups excluding carboxylic acids is 1. The van der Waals surface area contributed by atoms with Gasteiger partial charge < -0.3 is 15.0 Å². The average molecular weight is 342 g/mol. The summed E-state index contributed by atoms with van der Waals surface area (Å²) in [5.41, 5.74) is 3.34. The molecule has 0 aliphatic carbocycles. The highest BCUT2D eigenvalue weighted by atomic mass is 16.5. The number of aromatic nitrogens is 2. The Kier molecular flexibility index (Phi) is 5.08. The van der Waals surface area contributed by atoms with Crippen molar-refractivity contribution in [2.75, 3.05) is 14.2 Å². The lowest BCUT2D eigenvalue weighted by Crippen LogP contribution is -2.49. The number of ether oxygens (including phenoxy) is 1. The molecule has 2 atom stereocenters. The molecule has 1 saturated heterocycles. The monoisotopic (exact) mass is 342 g/mol. The van der Waals surface area contributed by atoms with Crippen LogP contribution in [-0.2, 0) is 18.4 Å². The fourth-order valence-corrected chi connectivity index (χ4v) is 3.57. The summed E-state index contributed by atoms with van der Waals surface area (Å²) in [5, 5.41) is 7.91. The van der Waals surface area contributed by atoms with E-state index in [0.717, 1.165) is 23.4 Å². The van der Waals surface area contributed by atoms with Gasteiger partial charge in [0, 0.05) is 44.9 Å². The third kappa shape index (κ3) is 3.54. The quantitative estimate of drug-likeness (QED) is 0.905. The van der Waals surface area contributed by atoms with Crippen molar-refractivity contribution >= 4 is 5.91 Å². The number of likely N-dealkylation sites (N-methyl/N-ethyl adjacent to an activating group) is 1. The van der Waals surface area contributed by atoms with E-state index in [1.807, 2.05) is 35.8 Å². The highest BCUT2D eigenvalue weighted by Gasteiger charge is 2.36. The van der Waals surface area contributed by atoms with Crippen molar-refractivity contribution in [1.82, 2.24) is 20.0 Å². The lowest BCUT2D eigenvalue weighted by molar-refractivity contribution is -0.136. The Labute approximate surface area is 148 Å². The second kappa shape index (κ2) is 7.27. The van der Waals surface area contributed by atoms with E-state index in [1.165, 1.54) is 5.56 Å². The summed E-state index contributed by atoms with van der Waals surface area (Å²) in [6.07, 6.45) is 3.16. The first-order chi connectivity index (χ1) is 12.0. The minimum Gasteiger partial charge on any atom is -0.496 e. The van der Waals surface area contributed by atoms with Gasteiger partial charge in [0.1, 0.15) is 5.75 Å². The predicted octanol–water partition coefficient (Wildman–Crippen LogP) is 2.19. The molecule has 0 unspecified atom stereocenters. The van der Waals surface area contributed by atoms with Gasteiger partial charge in [0.15, 0.2) is 0 Å². The van der Waals surface area contributed by atoms with Crippen LogP contribution in [0.15, 0.2) is 30.5 Å². The van der Waals surface area contributed by atoms with E-state index in [4.69, 9.17) is 4.74 Å². The number of hydrogen-bond acceptors (Lipinski definition) is 4. The van der Waals surface area contributed by atoms with E-state index in [1.54, 1.807) is 13.3 Å². The van der Waals surface area contributed by atoms with E-state index in [2.05, 4.69) is 29.5 Å². The first-order valence-corrected chi connectivity index (χ1v) is 8.61. The Morgan fingerprint density at radius 2 is 2.12 bits per heavy atom. The highest BCUT2D eigenvalue weighted by molar-refractivity contribution is 5.77. The molecule has 1 N–H and O–H groups in total. The Morgan fingerprint density at radius 3 is 2.80 bits per heavy atom. The fraction of sp³-hybridized carbons (Fsp3) is 0.474. The molecule has 6 nitrogen and oxygen atoms in total. The number of nitrogens with one attached hydrogen (secondary N) is 1. The van der Waals surface area contributed by atoms with Gasteiger partial charge in [-0.2, -0.15) is 5.10 Å². The normalized spacial score (nSPS) is 20.8. The molecule has 1 amide bonds. The molecule has 6 heteroatoms. The Balaban J connectivity index is 1.80. The standard InChI is InChI=1S/C19H26N4O2/c1-13-5-6-14(17(11-13)25-4)12-20-15-7-8-18(24)22(2)19(15)16-9-10-21-23(16)3/h5-6,9-11,15,19-20H,7-8,12H2,1-4H3/t15-,19-/m1/s1. The number of aryl methyl sites for hydroxylation is 2. The predicted molar refractivity (Wildman–Crippen MR) is 96.3 cm³/mol. The summed E-state index contributed by atoms with van der Waals surface area (Å²) in [7, 11) is 5.49. The molecule has 0 saturated carbocycles. The second-order valence-corrected chi connectivity index (χ2v) is 6.67. The van der Waals surface area contributed by atoms with Crippen LogP contribution >= 0.6 is 0 Å². The number of nitrogens with zero attached hydrogens (tertiary/aromatic N) is 3. The average Bonchev–Trinajstić information content (AvgIpc) is 3.02. The maximum Gasteiger partial charge on any atom is 0.222 e. The molecule has 1 fully saturated rings.